The van der Waals surface area contributed by atoms with E-state index in [1.807, 2.05) is 6.92 Å². The quantitative estimate of drug-likeness (QED) is 0.619. The van der Waals surface area contributed by atoms with Gasteiger partial charge in [-0.15, -0.1) is 0 Å². The Morgan fingerprint density at radius 2 is 2.09 bits per heavy atom. The third-order valence-electron chi connectivity index (χ3n) is 2.63. The van der Waals surface area contributed by atoms with Gasteiger partial charge in [0, 0.05) is 6.04 Å². The molecule has 0 spiro atoms. The molecular weight excluding hydrogens is 138 g/mol. The molecule has 0 saturated carbocycles. The Morgan fingerprint density at radius 3 is 2.73 bits per heavy atom. The summed E-state index contributed by atoms with van der Waals surface area (Å²) in [5.41, 5.74) is 0. The summed E-state index contributed by atoms with van der Waals surface area (Å²) in [6, 6.07) is 0.400. The van der Waals surface area contributed by atoms with E-state index >= 15 is 0 Å². The molecule has 1 aliphatic heterocycles. The van der Waals surface area contributed by atoms with Crippen LogP contribution in [0.4, 0.5) is 0 Å². The molecule has 1 saturated heterocycles. The Kier molecular flexibility index (Phi) is 3.34. The zero-order chi connectivity index (χ0) is 8.27. The molecule has 2 heteroatoms. The lowest BCUT2D eigenvalue weighted by Gasteiger charge is -2.27. The average molecular weight is 157 g/mol. The fraction of sp³-hybridized carbons (Fsp3) is 1.00. The van der Waals surface area contributed by atoms with Crippen LogP contribution in [0.25, 0.3) is 0 Å². The van der Waals surface area contributed by atoms with Crippen molar-refractivity contribution >= 4 is 0 Å². The van der Waals surface area contributed by atoms with Gasteiger partial charge in [-0.05, 0) is 33.4 Å². The van der Waals surface area contributed by atoms with Gasteiger partial charge in [0.25, 0.3) is 0 Å². The molecule has 0 amide bonds. The predicted octanol–water partition coefficient (Wildman–Crippen LogP) is 1.24. The summed E-state index contributed by atoms with van der Waals surface area (Å²) < 4.78 is 0. The van der Waals surface area contributed by atoms with Gasteiger partial charge in [-0.3, -0.25) is 0 Å². The van der Waals surface area contributed by atoms with Gasteiger partial charge in [0.2, 0.25) is 0 Å². The molecule has 11 heavy (non-hydrogen) atoms. The van der Waals surface area contributed by atoms with Crippen molar-refractivity contribution in [2.75, 3.05) is 13.6 Å². The highest BCUT2D eigenvalue weighted by atomic mass is 16.3. The van der Waals surface area contributed by atoms with Gasteiger partial charge in [0.05, 0.1) is 6.10 Å². The molecule has 1 N–H and O–H groups in total. The lowest BCUT2D eigenvalue weighted by Crippen LogP contribution is -2.39. The smallest absolute Gasteiger partial charge is 0.0667 e. The van der Waals surface area contributed by atoms with Crippen molar-refractivity contribution in [3.8, 4) is 0 Å². The van der Waals surface area contributed by atoms with Crippen LogP contribution in [0.1, 0.15) is 32.6 Å². The maximum atomic E-state index is 9.43. The second-order valence-electron chi connectivity index (χ2n) is 3.64. The largest absolute Gasteiger partial charge is 0.392 e. The summed E-state index contributed by atoms with van der Waals surface area (Å²) in [6.45, 7) is 3.04. The van der Waals surface area contributed by atoms with Gasteiger partial charge >= 0.3 is 0 Å². The molecule has 1 heterocycles. The Morgan fingerprint density at radius 1 is 1.36 bits per heavy atom. The van der Waals surface area contributed by atoms with E-state index in [1.54, 1.807) is 0 Å². The lowest BCUT2D eigenvalue weighted by atomic mass is 10.1. The first-order valence-electron chi connectivity index (χ1n) is 4.60. The van der Waals surface area contributed by atoms with E-state index in [-0.39, 0.29) is 6.10 Å². The second-order valence-corrected chi connectivity index (χ2v) is 3.64. The minimum atomic E-state index is -0.168. The molecule has 1 fully saturated rings. The Hall–Kier alpha value is -0.0800. The molecule has 0 aliphatic carbocycles. The Labute approximate surface area is 69.2 Å². The molecule has 0 aromatic rings. The number of aliphatic hydroxyl groups excluding tert-OH is 1. The van der Waals surface area contributed by atoms with E-state index in [4.69, 9.17) is 0 Å². The van der Waals surface area contributed by atoms with Gasteiger partial charge < -0.3 is 10.0 Å². The summed E-state index contributed by atoms with van der Waals surface area (Å²) in [5.74, 6) is 0. The lowest BCUT2D eigenvalue weighted by molar-refractivity contribution is 0.0770. The van der Waals surface area contributed by atoms with Gasteiger partial charge in [0.1, 0.15) is 0 Å². The second kappa shape index (κ2) is 4.07. The molecule has 0 aromatic heterocycles. The first-order valence-corrected chi connectivity index (χ1v) is 4.60. The molecule has 2 unspecified atom stereocenters. The van der Waals surface area contributed by atoms with Crippen LogP contribution in [0.5, 0.6) is 0 Å². The first kappa shape index (κ1) is 9.01. The minimum absolute atomic E-state index is 0.168. The summed E-state index contributed by atoms with van der Waals surface area (Å²) >= 11 is 0. The van der Waals surface area contributed by atoms with Crippen molar-refractivity contribution in [1.29, 1.82) is 0 Å². The van der Waals surface area contributed by atoms with Gasteiger partial charge in [-0.2, -0.15) is 0 Å². The molecule has 1 rings (SSSR count). The van der Waals surface area contributed by atoms with Crippen molar-refractivity contribution in [2.24, 2.45) is 0 Å². The SMILES string of the molecule is CC(O)C1CCCCCN1C. The van der Waals surface area contributed by atoms with Crippen molar-refractivity contribution < 1.29 is 5.11 Å². The number of likely N-dealkylation sites (tertiary alicyclic amines) is 1. The monoisotopic (exact) mass is 157 g/mol. The third-order valence-corrected chi connectivity index (χ3v) is 2.63. The van der Waals surface area contributed by atoms with Gasteiger partial charge in [-0.1, -0.05) is 12.8 Å². The van der Waals surface area contributed by atoms with Crippen molar-refractivity contribution in [1.82, 2.24) is 4.90 Å². The summed E-state index contributed by atoms with van der Waals surface area (Å²) in [5, 5.41) is 9.43. The van der Waals surface area contributed by atoms with Crippen molar-refractivity contribution in [2.45, 2.75) is 44.8 Å². The van der Waals surface area contributed by atoms with Crippen LogP contribution < -0.4 is 0 Å². The van der Waals surface area contributed by atoms with Crippen LogP contribution in [0, 0.1) is 0 Å². The van der Waals surface area contributed by atoms with Crippen LogP contribution in [0.2, 0.25) is 0 Å². The topological polar surface area (TPSA) is 23.5 Å². The molecule has 2 nitrogen and oxygen atoms in total. The van der Waals surface area contributed by atoms with Crippen LogP contribution >= 0.6 is 0 Å². The van der Waals surface area contributed by atoms with Gasteiger partial charge in [0.15, 0.2) is 0 Å². The highest BCUT2D eigenvalue weighted by molar-refractivity contribution is 4.76. The normalized spacial score (nSPS) is 31.4. The van der Waals surface area contributed by atoms with Crippen molar-refractivity contribution in [3.05, 3.63) is 0 Å². The standard InChI is InChI=1S/C9H19NO/c1-8(11)9-6-4-3-5-7-10(9)2/h8-9,11H,3-7H2,1-2H3. The van der Waals surface area contributed by atoms with Crippen LogP contribution in [0.3, 0.4) is 0 Å². The summed E-state index contributed by atoms with van der Waals surface area (Å²) in [7, 11) is 2.11. The molecule has 1 aliphatic rings. The number of nitrogens with zero attached hydrogens (tertiary/aromatic N) is 1. The first-order chi connectivity index (χ1) is 5.22. The highest BCUT2D eigenvalue weighted by Crippen LogP contribution is 2.17. The predicted molar refractivity (Wildman–Crippen MR) is 46.6 cm³/mol. The molecule has 0 radical (unpaired) electrons. The van der Waals surface area contributed by atoms with Gasteiger partial charge in [-0.25, -0.2) is 0 Å². The maximum absolute atomic E-state index is 9.43. The number of aliphatic hydroxyl groups is 1. The van der Waals surface area contributed by atoms with E-state index in [1.165, 1.54) is 19.3 Å². The number of rotatable bonds is 1. The van der Waals surface area contributed by atoms with E-state index in [9.17, 15) is 5.11 Å². The van der Waals surface area contributed by atoms with E-state index < -0.39 is 0 Å². The molecular formula is C9H19NO. The van der Waals surface area contributed by atoms with Crippen LogP contribution in [0.15, 0.2) is 0 Å². The number of hydrogen-bond donors (Lipinski definition) is 1. The summed E-state index contributed by atoms with van der Waals surface area (Å²) in [6.07, 6.45) is 4.89. The zero-order valence-corrected chi connectivity index (χ0v) is 7.58. The summed E-state index contributed by atoms with van der Waals surface area (Å²) in [4.78, 5) is 2.29. The number of likely N-dealkylation sites (N-methyl/N-ethyl adjacent to an activating group) is 1. The minimum Gasteiger partial charge on any atom is -0.392 e. The van der Waals surface area contributed by atoms with E-state index in [0.29, 0.717) is 6.04 Å². The maximum Gasteiger partial charge on any atom is 0.0667 e. The fourth-order valence-electron chi connectivity index (χ4n) is 1.89. The van der Waals surface area contributed by atoms with Crippen molar-refractivity contribution in [3.63, 3.8) is 0 Å². The van der Waals surface area contributed by atoms with Crippen LogP contribution in [-0.2, 0) is 0 Å². The Balaban J connectivity index is 2.45. The average Bonchev–Trinajstić information content (AvgIpc) is 2.13. The van der Waals surface area contributed by atoms with E-state index in [0.717, 1.165) is 13.0 Å². The third kappa shape index (κ3) is 2.46. The highest BCUT2D eigenvalue weighted by Gasteiger charge is 2.21. The molecule has 66 valence electrons. The fourth-order valence-corrected chi connectivity index (χ4v) is 1.89. The molecule has 0 aromatic carbocycles. The number of hydrogen-bond acceptors (Lipinski definition) is 2. The zero-order valence-electron chi connectivity index (χ0n) is 7.58. The van der Waals surface area contributed by atoms with Crippen LogP contribution in [-0.4, -0.2) is 35.7 Å². The molecule has 0 bridgehead atoms. The Bertz CT molecular complexity index is 114. The molecule has 2 atom stereocenters. The van der Waals surface area contributed by atoms with E-state index in [2.05, 4.69) is 11.9 Å².